The van der Waals surface area contributed by atoms with Crippen molar-refractivity contribution in [2.24, 2.45) is 0 Å². The number of carboxylic acids is 1. The van der Waals surface area contributed by atoms with Gasteiger partial charge in [0.15, 0.2) is 0 Å². The third-order valence-corrected chi connectivity index (χ3v) is 6.96. The van der Waals surface area contributed by atoms with Crippen molar-refractivity contribution in [1.82, 2.24) is 20.1 Å². The molecule has 10 nitrogen and oxygen atoms in total. The van der Waals surface area contributed by atoms with Gasteiger partial charge in [-0.25, -0.2) is 9.59 Å². The lowest BCUT2D eigenvalue weighted by Gasteiger charge is -2.33. The van der Waals surface area contributed by atoms with Crippen molar-refractivity contribution < 1.29 is 24.2 Å². The van der Waals surface area contributed by atoms with E-state index in [1.54, 1.807) is 6.92 Å². The molecule has 0 radical (unpaired) electrons. The molecule has 3 N–H and O–H groups in total. The smallest absolute Gasteiger partial charge is 0.414 e. The zero-order valence-electron chi connectivity index (χ0n) is 19.2. The molecule has 1 aliphatic heterocycles. The first-order valence-corrected chi connectivity index (χ1v) is 11.5. The van der Waals surface area contributed by atoms with Gasteiger partial charge in [0, 0.05) is 12.5 Å². The van der Waals surface area contributed by atoms with Crippen LogP contribution in [0.4, 0.5) is 10.7 Å². The number of hydrogen-bond donors (Lipinski definition) is 3. The number of aromatic amines is 1. The highest BCUT2D eigenvalue weighted by atomic mass is 16.5. The fraction of sp³-hybridized carbons (Fsp3) is 0.320. The van der Waals surface area contributed by atoms with E-state index >= 15 is 0 Å². The Morgan fingerprint density at radius 1 is 1.14 bits per heavy atom. The molecule has 1 fully saturated rings. The average Bonchev–Trinajstić information content (AvgIpc) is 3.59. The molecule has 10 heteroatoms. The summed E-state index contributed by atoms with van der Waals surface area (Å²) >= 11 is 0. The number of rotatable bonds is 6. The minimum atomic E-state index is -1.26. The Kier molecular flexibility index (Phi) is 5.72. The number of carboxylic acid groups (broad SMARTS) is 1. The normalized spacial score (nSPS) is 18.7. The Morgan fingerprint density at radius 3 is 2.43 bits per heavy atom. The van der Waals surface area contributed by atoms with Gasteiger partial charge in [-0.1, -0.05) is 55.5 Å². The first-order chi connectivity index (χ1) is 16.9. The number of likely N-dealkylation sites (tertiary alicyclic amines) is 1. The molecule has 2 amide bonds. The summed E-state index contributed by atoms with van der Waals surface area (Å²) in [4.78, 5) is 42.6. The van der Waals surface area contributed by atoms with Crippen LogP contribution in [0.25, 0.3) is 11.1 Å². The zero-order valence-corrected chi connectivity index (χ0v) is 19.2. The number of ether oxygens (including phenoxy) is 1. The molecular formula is C25H25N5O5. The molecular weight excluding hydrogens is 450 g/mol. The summed E-state index contributed by atoms with van der Waals surface area (Å²) in [7, 11) is 0. The number of fused-ring (bicyclic) bond motifs is 3. The molecule has 1 aliphatic carbocycles. The average molecular weight is 476 g/mol. The van der Waals surface area contributed by atoms with Gasteiger partial charge in [0.05, 0.1) is 0 Å². The molecule has 2 aliphatic rings. The highest BCUT2D eigenvalue weighted by Gasteiger charge is 2.49. The third kappa shape index (κ3) is 3.80. The van der Waals surface area contributed by atoms with Crippen LogP contribution < -0.4 is 5.32 Å². The maximum absolute atomic E-state index is 12.9. The Labute approximate surface area is 201 Å². The number of aliphatic carboxylic acids is 1. The lowest BCUT2D eigenvalue weighted by molar-refractivity contribution is -0.148. The van der Waals surface area contributed by atoms with Crippen LogP contribution in [0.5, 0.6) is 0 Å². The summed E-state index contributed by atoms with van der Waals surface area (Å²) in [6, 6.07) is 16.1. The van der Waals surface area contributed by atoms with Crippen LogP contribution in [0.15, 0.2) is 48.5 Å². The highest BCUT2D eigenvalue weighted by Crippen LogP contribution is 2.44. The summed E-state index contributed by atoms with van der Waals surface area (Å²) in [5.74, 6) is -1.96. The minimum absolute atomic E-state index is 0.0919. The number of anilines is 1. The van der Waals surface area contributed by atoms with Gasteiger partial charge in [-0.3, -0.25) is 15.2 Å². The minimum Gasteiger partial charge on any atom is -0.479 e. The van der Waals surface area contributed by atoms with Crippen molar-refractivity contribution in [3.8, 4) is 11.1 Å². The van der Waals surface area contributed by atoms with Gasteiger partial charge in [0.2, 0.25) is 5.82 Å². The third-order valence-electron chi connectivity index (χ3n) is 6.96. The molecule has 180 valence electrons. The van der Waals surface area contributed by atoms with E-state index in [0.717, 1.165) is 22.3 Å². The molecule has 1 atom stereocenters. The summed E-state index contributed by atoms with van der Waals surface area (Å²) < 4.78 is 5.48. The van der Waals surface area contributed by atoms with Crippen molar-refractivity contribution in [2.45, 2.75) is 37.6 Å². The standard InChI is InChI=1S/C25H25N5O5/c1-2-25(22(32)33)12-7-13-30(25)21(31)20-26-23(29-28-20)27-24(34)35-14-19-17-10-5-3-8-15(17)16-9-4-6-11-18(16)19/h3-6,8-11,19H,2,7,12-14H2,1H3,(H,32,33)(H2,26,27,28,29,34). The van der Waals surface area contributed by atoms with E-state index < -0.39 is 23.5 Å². The number of benzene rings is 2. The number of nitrogens with one attached hydrogen (secondary N) is 2. The molecule has 0 bridgehead atoms. The number of carbonyl (C=O) groups is 3. The van der Waals surface area contributed by atoms with E-state index in [-0.39, 0.29) is 30.7 Å². The number of amides is 2. The Hall–Kier alpha value is -4.21. The van der Waals surface area contributed by atoms with Crippen LogP contribution in [0.2, 0.25) is 0 Å². The van der Waals surface area contributed by atoms with E-state index in [0.29, 0.717) is 19.4 Å². The van der Waals surface area contributed by atoms with Crippen molar-refractivity contribution in [2.75, 3.05) is 18.5 Å². The fourth-order valence-corrected chi connectivity index (χ4v) is 5.18. The van der Waals surface area contributed by atoms with E-state index in [4.69, 9.17) is 4.74 Å². The van der Waals surface area contributed by atoms with Crippen LogP contribution >= 0.6 is 0 Å². The second kappa shape index (κ2) is 8.86. The monoisotopic (exact) mass is 475 g/mol. The Bertz CT molecular complexity index is 1260. The molecule has 3 aromatic rings. The lowest BCUT2D eigenvalue weighted by atomic mass is 9.93. The summed E-state index contributed by atoms with van der Waals surface area (Å²) in [6.45, 7) is 2.18. The molecule has 5 rings (SSSR count). The van der Waals surface area contributed by atoms with Gasteiger partial charge in [-0.15, -0.1) is 5.10 Å². The molecule has 0 saturated carbocycles. The topological polar surface area (TPSA) is 138 Å². The maximum atomic E-state index is 12.9. The second-order valence-corrected chi connectivity index (χ2v) is 8.71. The number of aromatic nitrogens is 3. The first kappa shape index (κ1) is 22.6. The molecule has 1 aromatic heterocycles. The second-order valence-electron chi connectivity index (χ2n) is 8.71. The number of nitrogens with zero attached hydrogens (tertiary/aromatic N) is 3. The van der Waals surface area contributed by atoms with E-state index in [1.165, 1.54) is 4.90 Å². The molecule has 2 aromatic carbocycles. The Balaban J connectivity index is 1.24. The quantitative estimate of drug-likeness (QED) is 0.495. The highest BCUT2D eigenvalue weighted by molar-refractivity contribution is 5.96. The number of carbonyl (C=O) groups excluding carboxylic acids is 2. The predicted molar refractivity (Wildman–Crippen MR) is 126 cm³/mol. The molecule has 2 heterocycles. The van der Waals surface area contributed by atoms with Gasteiger partial charge >= 0.3 is 12.1 Å². The van der Waals surface area contributed by atoms with Crippen molar-refractivity contribution in [3.63, 3.8) is 0 Å². The molecule has 35 heavy (non-hydrogen) atoms. The van der Waals surface area contributed by atoms with Gasteiger partial charge < -0.3 is 14.7 Å². The van der Waals surface area contributed by atoms with Crippen molar-refractivity contribution in [1.29, 1.82) is 0 Å². The Morgan fingerprint density at radius 2 is 1.80 bits per heavy atom. The summed E-state index contributed by atoms with van der Waals surface area (Å²) in [5, 5.41) is 18.5. The lowest BCUT2D eigenvalue weighted by Crippen LogP contribution is -2.52. The fourth-order valence-electron chi connectivity index (χ4n) is 5.18. The van der Waals surface area contributed by atoms with Crippen LogP contribution in [0.1, 0.15) is 53.8 Å². The molecule has 1 saturated heterocycles. The van der Waals surface area contributed by atoms with Crippen LogP contribution in [-0.2, 0) is 9.53 Å². The SMILES string of the molecule is CCC1(C(=O)O)CCCN1C(=O)c1nc(NC(=O)OCC2c3ccccc3-c3ccccc32)n[nH]1. The van der Waals surface area contributed by atoms with Crippen molar-refractivity contribution in [3.05, 3.63) is 65.5 Å². The van der Waals surface area contributed by atoms with E-state index in [9.17, 15) is 19.5 Å². The molecule has 0 spiro atoms. The predicted octanol–water partition coefficient (Wildman–Crippen LogP) is 3.64. The number of hydrogen-bond acceptors (Lipinski definition) is 6. The van der Waals surface area contributed by atoms with E-state index in [2.05, 4.69) is 32.6 Å². The zero-order chi connectivity index (χ0) is 24.6. The van der Waals surface area contributed by atoms with Crippen LogP contribution in [-0.4, -0.2) is 61.8 Å². The summed E-state index contributed by atoms with van der Waals surface area (Å²) in [5.41, 5.74) is 3.18. The first-order valence-electron chi connectivity index (χ1n) is 11.5. The summed E-state index contributed by atoms with van der Waals surface area (Å²) in [6.07, 6.45) is 0.501. The largest absolute Gasteiger partial charge is 0.479 e. The van der Waals surface area contributed by atoms with E-state index in [1.807, 2.05) is 36.4 Å². The van der Waals surface area contributed by atoms with Crippen LogP contribution in [0.3, 0.4) is 0 Å². The van der Waals surface area contributed by atoms with Crippen LogP contribution in [0, 0.1) is 0 Å². The van der Waals surface area contributed by atoms with Crippen molar-refractivity contribution >= 4 is 23.9 Å². The van der Waals surface area contributed by atoms with Gasteiger partial charge in [0.1, 0.15) is 12.1 Å². The number of H-pyrrole nitrogens is 1. The van der Waals surface area contributed by atoms with Gasteiger partial charge in [0.25, 0.3) is 11.9 Å². The maximum Gasteiger partial charge on any atom is 0.414 e. The van der Waals surface area contributed by atoms with Gasteiger partial charge in [-0.2, -0.15) is 4.98 Å². The molecule has 1 unspecified atom stereocenters. The van der Waals surface area contributed by atoms with Gasteiger partial charge in [-0.05, 0) is 41.5 Å².